The van der Waals surface area contributed by atoms with Gasteiger partial charge in [0.1, 0.15) is 5.75 Å². The van der Waals surface area contributed by atoms with E-state index in [0.717, 1.165) is 5.56 Å². The fourth-order valence-corrected chi connectivity index (χ4v) is 1.76. The molecule has 0 aromatic heterocycles. The number of rotatable bonds is 0. The number of fused-ring (bicyclic) bond motifs is 2. The molecule has 1 fully saturated rings. The highest BCUT2D eigenvalue weighted by molar-refractivity contribution is 6.10. The van der Waals surface area contributed by atoms with Crippen LogP contribution in [0.5, 0.6) is 5.75 Å². The molecule has 3 amide bonds. The summed E-state index contributed by atoms with van der Waals surface area (Å²) < 4.78 is 5.52. The molecule has 2 N–H and O–H groups in total. The van der Waals surface area contributed by atoms with E-state index in [4.69, 9.17) is 4.74 Å². The predicted molar refractivity (Wildman–Crippen MR) is 55.5 cm³/mol. The molecule has 2 aliphatic rings. The number of urea groups is 1. The van der Waals surface area contributed by atoms with Crippen LogP contribution in [0.4, 0.5) is 4.79 Å². The van der Waals surface area contributed by atoms with Crippen molar-refractivity contribution >= 4 is 18.0 Å². The van der Waals surface area contributed by atoms with Crippen LogP contribution in [0.25, 0.3) is 6.08 Å². The van der Waals surface area contributed by atoms with Gasteiger partial charge in [-0.2, -0.15) is 0 Å². The first kappa shape index (κ1) is 8.96. The van der Waals surface area contributed by atoms with Crippen LogP contribution in [0.1, 0.15) is 5.56 Å². The molecule has 5 heteroatoms. The molecule has 5 nitrogen and oxygen atoms in total. The molecule has 16 heavy (non-hydrogen) atoms. The van der Waals surface area contributed by atoms with E-state index < -0.39 is 18.2 Å². The third-order valence-electron chi connectivity index (χ3n) is 2.51. The Kier molecular flexibility index (Phi) is 1.73. The smallest absolute Gasteiger partial charge is 0.324 e. The summed E-state index contributed by atoms with van der Waals surface area (Å²) in [5.41, 5.74) is 1.25. The lowest BCUT2D eigenvalue weighted by Crippen LogP contribution is -2.56. The molecular weight excluding hydrogens is 208 g/mol. The first-order valence-electron chi connectivity index (χ1n) is 4.83. The minimum Gasteiger partial charge on any atom is -0.466 e. The lowest BCUT2D eigenvalue weighted by molar-refractivity contribution is -0.118. The zero-order chi connectivity index (χ0) is 11.1. The molecule has 2 heterocycles. The van der Waals surface area contributed by atoms with Crippen molar-refractivity contribution in [3.05, 3.63) is 35.4 Å². The number of para-hydroxylation sites is 1. The Bertz CT molecular complexity index is 522. The molecule has 1 saturated heterocycles. The maximum Gasteiger partial charge on any atom is 0.324 e. The average molecular weight is 216 g/mol. The maximum atomic E-state index is 11.5. The molecule has 0 aliphatic carbocycles. The number of benzene rings is 1. The summed E-state index contributed by atoms with van der Waals surface area (Å²) in [6.45, 7) is 0. The van der Waals surface area contributed by atoms with Crippen molar-refractivity contribution in [2.45, 2.75) is 6.23 Å². The van der Waals surface area contributed by atoms with Crippen molar-refractivity contribution in [3.8, 4) is 5.75 Å². The fraction of sp³-hybridized carbons (Fsp3) is 0.0909. The summed E-state index contributed by atoms with van der Waals surface area (Å²) in [5.74, 6) is 0.245. The van der Waals surface area contributed by atoms with Gasteiger partial charge in [-0.25, -0.2) is 4.79 Å². The lowest BCUT2D eigenvalue weighted by Gasteiger charge is -2.30. The number of carbonyl (C=O) groups is 2. The van der Waals surface area contributed by atoms with E-state index in [-0.39, 0.29) is 0 Å². The zero-order valence-corrected chi connectivity index (χ0v) is 8.19. The van der Waals surface area contributed by atoms with Crippen molar-refractivity contribution in [3.63, 3.8) is 0 Å². The molecule has 0 radical (unpaired) electrons. The molecule has 1 atom stereocenters. The summed E-state index contributed by atoms with van der Waals surface area (Å²) in [4.78, 5) is 22.6. The topological polar surface area (TPSA) is 67.4 Å². The molecule has 2 aliphatic heterocycles. The van der Waals surface area contributed by atoms with E-state index in [1.807, 2.05) is 18.2 Å². The summed E-state index contributed by atoms with van der Waals surface area (Å²) in [7, 11) is 0. The maximum absolute atomic E-state index is 11.5. The molecule has 1 aromatic rings. The molecule has 0 unspecified atom stereocenters. The Morgan fingerprint density at radius 3 is 2.88 bits per heavy atom. The number of hydrogen-bond donors (Lipinski definition) is 2. The molecule has 0 spiro atoms. The normalized spacial score (nSPS) is 22.0. The Morgan fingerprint density at radius 1 is 1.19 bits per heavy atom. The molecular formula is C11H8N2O3. The van der Waals surface area contributed by atoms with Gasteiger partial charge < -0.3 is 4.74 Å². The van der Waals surface area contributed by atoms with Crippen molar-refractivity contribution < 1.29 is 14.3 Å². The highest BCUT2D eigenvalue weighted by atomic mass is 16.5. The van der Waals surface area contributed by atoms with Gasteiger partial charge >= 0.3 is 6.03 Å². The Morgan fingerprint density at radius 2 is 2.00 bits per heavy atom. The van der Waals surface area contributed by atoms with Gasteiger partial charge in [-0.3, -0.25) is 15.4 Å². The van der Waals surface area contributed by atoms with Gasteiger partial charge in [0.15, 0.2) is 0 Å². The molecule has 3 rings (SSSR count). The van der Waals surface area contributed by atoms with Gasteiger partial charge in [-0.05, 0) is 12.1 Å². The van der Waals surface area contributed by atoms with Crippen molar-refractivity contribution in [2.75, 3.05) is 0 Å². The third-order valence-corrected chi connectivity index (χ3v) is 2.51. The highest BCUT2D eigenvalue weighted by Crippen LogP contribution is 2.29. The first-order valence-corrected chi connectivity index (χ1v) is 4.83. The average Bonchev–Trinajstić information content (AvgIpc) is 2.27. The van der Waals surface area contributed by atoms with Crippen LogP contribution >= 0.6 is 0 Å². The number of hydrogen-bond acceptors (Lipinski definition) is 3. The first-order chi connectivity index (χ1) is 7.74. The van der Waals surface area contributed by atoms with Gasteiger partial charge in [-0.15, -0.1) is 0 Å². The number of imide groups is 1. The summed E-state index contributed by atoms with van der Waals surface area (Å²) in [6.07, 6.45) is 1.04. The van der Waals surface area contributed by atoms with Crippen LogP contribution in [-0.2, 0) is 4.79 Å². The van der Waals surface area contributed by atoms with Gasteiger partial charge in [0.05, 0.1) is 5.57 Å². The summed E-state index contributed by atoms with van der Waals surface area (Å²) in [6, 6.07) is 6.80. The number of amides is 3. The van der Waals surface area contributed by atoms with Crippen LogP contribution < -0.4 is 15.4 Å². The van der Waals surface area contributed by atoms with Gasteiger partial charge in [0, 0.05) is 5.56 Å². The second kappa shape index (κ2) is 3.10. The molecule has 80 valence electrons. The van der Waals surface area contributed by atoms with E-state index in [1.165, 1.54) is 0 Å². The Hall–Kier alpha value is -2.30. The zero-order valence-electron chi connectivity index (χ0n) is 8.19. The van der Waals surface area contributed by atoms with Crippen molar-refractivity contribution in [2.24, 2.45) is 0 Å². The number of carbonyl (C=O) groups excluding carboxylic acids is 2. The SMILES string of the molecule is O=C1NC(=O)C2=Cc3ccccc3O[C@H]2N1. The quantitative estimate of drug-likeness (QED) is 0.668. The molecule has 0 bridgehead atoms. The largest absolute Gasteiger partial charge is 0.466 e. The number of nitrogens with one attached hydrogen (secondary N) is 2. The molecule has 0 saturated carbocycles. The van der Waals surface area contributed by atoms with Crippen LogP contribution in [0.15, 0.2) is 29.8 Å². The van der Waals surface area contributed by atoms with E-state index in [0.29, 0.717) is 11.3 Å². The molecule has 1 aromatic carbocycles. The predicted octanol–water partition coefficient (Wildman–Crippen LogP) is 0.628. The van der Waals surface area contributed by atoms with Crippen LogP contribution in [0.3, 0.4) is 0 Å². The summed E-state index contributed by atoms with van der Waals surface area (Å²) >= 11 is 0. The van der Waals surface area contributed by atoms with Crippen LogP contribution in [0.2, 0.25) is 0 Å². The van der Waals surface area contributed by atoms with Gasteiger partial charge in [0.2, 0.25) is 6.23 Å². The standard InChI is InChI=1S/C11H8N2O3/c14-9-7-5-6-3-1-2-4-8(6)16-10(7)13-11(15)12-9/h1-5,10H,(H2,12,13,14,15)/t10-/m1/s1. The van der Waals surface area contributed by atoms with Crippen molar-refractivity contribution in [1.29, 1.82) is 0 Å². The van der Waals surface area contributed by atoms with E-state index in [1.54, 1.807) is 12.1 Å². The van der Waals surface area contributed by atoms with Gasteiger partial charge in [0.25, 0.3) is 5.91 Å². The highest BCUT2D eigenvalue weighted by Gasteiger charge is 2.33. The van der Waals surface area contributed by atoms with E-state index in [9.17, 15) is 9.59 Å². The minimum absolute atomic E-state index is 0.414. The third kappa shape index (κ3) is 1.25. The Balaban J connectivity index is 2.08. The number of ether oxygens (including phenoxy) is 1. The van der Waals surface area contributed by atoms with Gasteiger partial charge in [-0.1, -0.05) is 18.2 Å². The lowest BCUT2D eigenvalue weighted by atomic mass is 10.0. The summed E-state index contributed by atoms with van der Waals surface area (Å²) in [5, 5.41) is 4.70. The Labute approximate surface area is 91.1 Å². The van der Waals surface area contributed by atoms with Crippen LogP contribution in [-0.4, -0.2) is 18.2 Å². The minimum atomic E-state index is -0.684. The fourth-order valence-electron chi connectivity index (χ4n) is 1.76. The van der Waals surface area contributed by atoms with Crippen LogP contribution in [0, 0.1) is 0 Å². The second-order valence-corrected chi connectivity index (χ2v) is 3.56. The van der Waals surface area contributed by atoms with E-state index in [2.05, 4.69) is 10.6 Å². The second-order valence-electron chi connectivity index (χ2n) is 3.56. The van der Waals surface area contributed by atoms with E-state index >= 15 is 0 Å². The van der Waals surface area contributed by atoms with Crippen molar-refractivity contribution in [1.82, 2.24) is 10.6 Å². The monoisotopic (exact) mass is 216 g/mol.